The fourth-order valence-electron chi connectivity index (χ4n) is 2.23. The number of hydrogen-bond acceptors (Lipinski definition) is 4. The predicted octanol–water partition coefficient (Wildman–Crippen LogP) is 2.56. The van der Waals surface area contributed by atoms with Gasteiger partial charge in [0.2, 0.25) is 0 Å². The maximum atomic E-state index is 10.3. The molecule has 0 heterocycles. The van der Waals surface area contributed by atoms with E-state index in [9.17, 15) is 10.2 Å². The number of methoxy groups -OCH3 is 1. The molecule has 0 fully saturated rings. The molecule has 2 atom stereocenters. The van der Waals surface area contributed by atoms with Crippen LogP contribution < -0.4 is 4.74 Å². The van der Waals surface area contributed by atoms with Crippen molar-refractivity contribution in [3.63, 3.8) is 0 Å². The van der Waals surface area contributed by atoms with E-state index in [0.717, 1.165) is 16.5 Å². The van der Waals surface area contributed by atoms with Crippen LogP contribution in [0.1, 0.15) is 18.1 Å². The van der Waals surface area contributed by atoms with E-state index in [1.54, 1.807) is 13.2 Å². The Hall–Kier alpha value is -1.23. The summed E-state index contributed by atoms with van der Waals surface area (Å²) < 4.78 is 5.31. The lowest BCUT2D eigenvalue weighted by atomic mass is 9.96. The van der Waals surface area contributed by atoms with Gasteiger partial charge in [-0.15, -0.1) is 0 Å². The molecule has 0 amide bonds. The normalized spacial score (nSPS) is 14.3. The number of hydrogen-bond donors (Lipinski definition) is 3. The number of rotatable bonds is 5. The molecule has 0 aromatic heterocycles. The van der Waals surface area contributed by atoms with Crippen molar-refractivity contribution in [2.45, 2.75) is 18.6 Å². The second kappa shape index (κ2) is 6.28. The Balaban J connectivity index is 2.50. The highest BCUT2D eigenvalue weighted by molar-refractivity contribution is 7.80. The molecule has 0 bridgehead atoms. The van der Waals surface area contributed by atoms with E-state index in [2.05, 4.69) is 12.6 Å². The average molecular weight is 278 g/mol. The zero-order chi connectivity index (χ0) is 13.8. The first-order valence-electron chi connectivity index (χ1n) is 6.21. The van der Waals surface area contributed by atoms with Gasteiger partial charge in [-0.1, -0.05) is 30.3 Å². The molecule has 2 aromatic rings. The number of fused-ring (bicyclic) bond motifs is 1. The quantitative estimate of drug-likeness (QED) is 0.737. The summed E-state index contributed by atoms with van der Waals surface area (Å²) in [4.78, 5) is 0. The fourth-order valence-corrected chi connectivity index (χ4v) is 2.49. The molecule has 102 valence electrons. The zero-order valence-electron chi connectivity index (χ0n) is 10.8. The summed E-state index contributed by atoms with van der Waals surface area (Å²) in [5, 5.41) is 22.0. The summed E-state index contributed by atoms with van der Waals surface area (Å²) in [6.45, 7) is 0. The van der Waals surface area contributed by atoms with Gasteiger partial charge in [0.05, 0.1) is 13.2 Å². The van der Waals surface area contributed by atoms with Crippen molar-refractivity contribution in [3.05, 3.63) is 42.0 Å². The molecular weight excluding hydrogens is 260 g/mol. The molecule has 0 spiro atoms. The van der Waals surface area contributed by atoms with E-state index in [-0.39, 0.29) is 0 Å². The molecule has 0 radical (unpaired) electrons. The first-order chi connectivity index (χ1) is 9.19. The molecular formula is C15H18O3S. The average Bonchev–Trinajstić information content (AvgIpc) is 2.45. The number of aliphatic hydroxyl groups is 2. The SMILES string of the molecule is COc1ccc(C(O)C(O)CCS)c2ccccc12. The largest absolute Gasteiger partial charge is 0.496 e. The zero-order valence-corrected chi connectivity index (χ0v) is 11.7. The van der Waals surface area contributed by atoms with Gasteiger partial charge in [0.1, 0.15) is 11.9 Å². The van der Waals surface area contributed by atoms with Crippen LogP contribution in [0.4, 0.5) is 0 Å². The van der Waals surface area contributed by atoms with Crippen LogP contribution in [0.15, 0.2) is 36.4 Å². The van der Waals surface area contributed by atoms with Crippen molar-refractivity contribution in [3.8, 4) is 5.75 Å². The predicted molar refractivity (Wildman–Crippen MR) is 79.9 cm³/mol. The van der Waals surface area contributed by atoms with Crippen molar-refractivity contribution in [1.29, 1.82) is 0 Å². The number of ether oxygens (including phenoxy) is 1. The minimum Gasteiger partial charge on any atom is -0.496 e. The van der Waals surface area contributed by atoms with Crippen molar-refractivity contribution >= 4 is 23.4 Å². The van der Waals surface area contributed by atoms with Crippen LogP contribution in [0.3, 0.4) is 0 Å². The van der Waals surface area contributed by atoms with Gasteiger partial charge < -0.3 is 14.9 Å². The Morgan fingerprint density at radius 3 is 2.42 bits per heavy atom. The Labute approximate surface area is 118 Å². The van der Waals surface area contributed by atoms with Gasteiger partial charge in [-0.25, -0.2) is 0 Å². The van der Waals surface area contributed by atoms with Gasteiger partial charge in [-0.3, -0.25) is 0 Å². The maximum Gasteiger partial charge on any atom is 0.126 e. The highest BCUT2D eigenvalue weighted by Crippen LogP contribution is 2.33. The van der Waals surface area contributed by atoms with Crippen molar-refractivity contribution in [2.24, 2.45) is 0 Å². The lowest BCUT2D eigenvalue weighted by molar-refractivity contribution is 0.0181. The lowest BCUT2D eigenvalue weighted by Crippen LogP contribution is -2.19. The summed E-state index contributed by atoms with van der Waals surface area (Å²) >= 11 is 4.08. The Morgan fingerprint density at radius 2 is 1.79 bits per heavy atom. The monoisotopic (exact) mass is 278 g/mol. The van der Waals surface area contributed by atoms with Gasteiger partial charge in [-0.2, -0.15) is 12.6 Å². The van der Waals surface area contributed by atoms with Gasteiger partial charge >= 0.3 is 0 Å². The Bertz CT molecular complexity index is 556. The van der Waals surface area contributed by atoms with E-state index in [0.29, 0.717) is 17.7 Å². The first kappa shape index (κ1) is 14.2. The molecule has 19 heavy (non-hydrogen) atoms. The van der Waals surface area contributed by atoms with Gasteiger partial charge in [0.15, 0.2) is 0 Å². The summed E-state index contributed by atoms with van der Waals surface area (Å²) in [5.74, 6) is 1.29. The summed E-state index contributed by atoms with van der Waals surface area (Å²) in [6.07, 6.45) is -1.28. The van der Waals surface area contributed by atoms with Crippen molar-refractivity contribution in [2.75, 3.05) is 12.9 Å². The van der Waals surface area contributed by atoms with Crippen molar-refractivity contribution < 1.29 is 14.9 Å². The molecule has 2 N–H and O–H groups in total. The minimum atomic E-state index is -0.914. The fraction of sp³-hybridized carbons (Fsp3) is 0.333. The summed E-state index contributed by atoms with van der Waals surface area (Å²) in [7, 11) is 1.62. The van der Waals surface area contributed by atoms with Crippen molar-refractivity contribution in [1.82, 2.24) is 0 Å². The highest BCUT2D eigenvalue weighted by Gasteiger charge is 2.20. The van der Waals surface area contributed by atoms with E-state index < -0.39 is 12.2 Å². The van der Waals surface area contributed by atoms with Crippen LogP contribution in [0, 0.1) is 0 Å². The minimum absolute atomic E-state index is 0.449. The maximum absolute atomic E-state index is 10.3. The topological polar surface area (TPSA) is 49.7 Å². The molecule has 2 aromatic carbocycles. The molecule has 2 unspecified atom stereocenters. The Kier molecular flexibility index (Phi) is 4.69. The summed E-state index contributed by atoms with van der Waals surface area (Å²) in [5.41, 5.74) is 0.714. The third-order valence-corrected chi connectivity index (χ3v) is 3.50. The third kappa shape index (κ3) is 2.86. The van der Waals surface area contributed by atoms with Crippen LogP contribution in [0.25, 0.3) is 10.8 Å². The molecule has 0 aliphatic carbocycles. The number of thiol groups is 1. The second-order valence-electron chi connectivity index (χ2n) is 4.43. The molecule has 0 aliphatic rings. The van der Waals surface area contributed by atoms with Crippen LogP contribution in [0.2, 0.25) is 0 Å². The van der Waals surface area contributed by atoms with E-state index in [4.69, 9.17) is 4.74 Å². The molecule has 0 aliphatic heterocycles. The molecule has 2 rings (SSSR count). The second-order valence-corrected chi connectivity index (χ2v) is 4.87. The number of benzene rings is 2. The molecule has 0 saturated heterocycles. The molecule has 0 saturated carbocycles. The van der Waals surface area contributed by atoms with Crippen LogP contribution in [0.5, 0.6) is 5.75 Å². The third-order valence-electron chi connectivity index (χ3n) is 3.25. The number of aliphatic hydroxyl groups excluding tert-OH is 2. The van der Waals surface area contributed by atoms with Gasteiger partial charge in [0.25, 0.3) is 0 Å². The van der Waals surface area contributed by atoms with Gasteiger partial charge in [-0.05, 0) is 29.2 Å². The first-order valence-corrected chi connectivity index (χ1v) is 6.85. The smallest absolute Gasteiger partial charge is 0.126 e. The van der Waals surface area contributed by atoms with Gasteiger partial charge in [0, 0.05) is 5.39 Å². The van der Waals surface area contributed by atoms with E-state index >= 15 is 0 Å². The Morgan fingerprint density at radius 1 is 1.11 bits per heavy atom. The van der Waals surface area contributed by atoms with E-state index in [1.165, 1.54) is 0 Å². The molecule has 4 heteroatoms. The van der Waals surface area contributed by atoms with E-state index in [1.807, 2.05) is 30.3 Å². The highest BCUT2D eigenvalue weighted by atomic mass is 32.1. The van der Waals surface area contributed by atoms with Crippen LogP contribution in [-0.4, -0.2) is 29.2 Å². The standard InChI is InChI=1S/C15H18O3S/c1-18-14-7-6-12(15(17)13(16)8-9-19)10-4-2-3-5-11(10)14/h2-7,13,15-17,19H,8-9H2,1H3. The van der Waals surface area contributed by atoms with Crippen LogP contribution >= 0.6 is 12.6 Å². The summed E-state index contributed by atoms with van der Waals surface area (Å²) in [6, 6.07) is 11.3. The molecule has 3 nitrogen and oxygen atoms in total. The lowest BCUT2D eigenvalue weighted by Gasteiger charge is -2.20. The van der Waals surface area contributed by atoms with Crippen LogP contribution in [-0.2, 0) is 0 Å².